The molecular weight excluding hydrogens is 274 g/mol. The minimum absolute atomic E-state index is 0.123. The van der Waals surface area contributed by atoms with Gasteiger partial charge in [-0.3, -0.25) is 14.3 Å². The molecule has 2 rings (SSSR count). The lowest BCUT2D eigenvalue weighted by molar-refractivity contribution is 0.391. The van der Waals surface area contributed by atoms with Crippen molar-refractivity contribution in [2.24, 2.45) is 5.92 Å². The van der Waals surface area contributed by atoms with E-state index in [9.17, 15) is 9.59 Å². The summed E-state index contributed by atoms with van der Waals surface area (Å²) >= 11 is 0. The molecule has 8 nitrogen and oxygen atoms in total. The highest BCUT2D eigenvalue weighted by molar-refractivity contribution is 5.60. The lowest BCUT2D eigenvalue weighted by Crippen LogP contribution is -2.35. The van der Waals surface area contributed by atoms with E-state index in [1.165, 1.54) is 4.57 Å². The highest BCUT2D eigenvalue weighted by Gasteiger charge is 2.13. The molecule has 0 bridgehead atoms. The summed E-state index contributed by atoms with van der Waals surface area (Å²) in [6, 6.07) is 1.75. The number of nitrogens with zero attached hydrogens (tertiary/aromatic N) is 2. The van der Waals surface area contributed by atoms with Crippen molar-refractivity contribution in [3.05, 3.63) is 38.4 Å². The molecule has 2 aromatic rings. The molecule has 0 spiro atoms. The molecule has 0 aliphatic rings. The molecule has 2 heterocycles. The largest absolute Gasteiger partial charge is 0.383 e. The van der Waals surface area contributed by atoms with E-state index >= 15 is 0 Å². The normalized spacial score (nSPS) is 11.0. The van der Waals surface area contributed by atoms with Crippen molar-refractivity contribution in [2.75, 3.05) is 11.1 Å². The predicted molar refractivity (Wildman–Crippen MR) is 79.1 cm³/mol. The summed E-state index contributed by atoms with van der Waals surface area (Å²) in [5.41, 5.74) is 5.70. The molecule has 8 heteroatoms. The monoisotopic (exact) mass is 293 g/mol. The number of aromatic amines is 1. The highest BCUT2D eigenvalue weighted by atomic mass is 16.5. The van der Waals surface area contributed by atoms with Gasteiger partial charge in [-0.2, -0.15) is 0 Å². The van der Waals surface area contributed by atoms with E-state index in [4.69, 9.17) is 10.3 Å². The minimum Gasteiger partial charge on any atom is -0.383 e. The standard InChI is InChI=1S/C13H19N5O3/c1-7(2)6-18-11(14)10(12(19)16-13(18)20)15-5-9-4-8(3)21-17-9/h4,7,15H,5-6,14H2,1-3H3,(H,16,19,20). The number of rotatable bonds is 5. The van der Waals surface area contributed by atoms with Crippen LogP contribution in [0, 0.1) is 12.8 Å². The molecule has 0 atom stereocenters. The number of H-pyrrole nitrogens is 1. The Labute approximate surface area is 121 Å². The number of anilines is 2. The Morgan fingerprint density at radius 1 is 1.48 bits per heavy atom. The first kappa shape index (κ1) is 14.9. The second-order valence-electron chi connectivity index (χ2n) is 5.31. The minimum atomic E-state index is -0.544. The zero-order chi connectivity index (χ0) is 15.6. The van der Waals surface area contributed by atoms with Gasteiger partial charge in [-0.25, -0.2) is 4.79 Å². The SMILES string of the molecule is Cc1cc(CNc2c(N)n(CC(C)C)c(=O)[nH]c2=O)no1. The topological polar surface area (TPSA) is 119 Å². The Balaban J connectivity index is 2.30. The molecule has 0 amide bonds. The average Bonchev–Trinajstić information content (AvgIpc) is 2.80. The van der Waals surface area contributed by atoms with E-state index in [2.05, 4.69) is 15.5 Å². The summed E-state index contributed by atoms with van der Waals surface area (Å²) in [7, 11) is 0. The van der Waals surface area contributed by atoms with Crippen LogP contribution in [0.4, 0.5) is 11.5 Å². The fraction of sp³-hybridized carbons (Fsp3) is 0.462. The summed E-state index contributed by atoms with van der Waals surface area (Å²) in [5.74, 6) is 1.03. The molecule has 0 aromatic carbocycles. The zero-order valence-electron chi connectivity index (χ0n) is 12.3. The quantitative estimate of drug-likeness (QED) is 0.746. The second-order valence-corrected chi connectivity index (χ2v) is 5.31. The highest BCUT2D eigenvalue weighted by Crippen LogP contribution is 2.13. The van der Waals surface area contributed by atoms with Crippen molar-refractivity contribution in [1.29, 1.82) is 0 Å². The summed E-state index contributed by atoms with van der Waals surface area (Å²) < 4.78 is 6.30. The van der Waals surface area contributed by atoms with Gasteiger partial charge in [0.05, 0.1) is 6.54 Å². The summed E-state index contributed by atoms with van der Waals surface area (Å²) in [6.07, 6.45) is 0. The van der Waals surface area contributed by atoms with Crippen LogP contribution in [0.2, 0.25) is 0 Å². The molecule has 21 heavy (non-hydrogen) atoms. The van der Waals surface area contributed by atoms with Gasteiger partial charge in [0.1, 0.15) is 23.0 Å². The van der Waals surface area contributed by atoms with Crippen LogP contribution >= 0.6 is 0 Å². The van der Waals surface area contributed by atoms with Gasteiger partial charge in [-0.1, -0.05) is 19.0 Å². The van der Waals surface area contributed by atoms with Crippen LogP contribution in [0.5, 0.6) is 0 Å². The Morgan fingerprint density at radius 2 is 2.19 bits per heavy atom. The molecule has 0 unspecified atom stereocenters. The third-order valence-corrected chi connectivity index (χ3v) is 2.91. The molecule has 2 aromatic heterocycles. The second kappa shape index (κ2) is 5.86. The number of hydrogen-bond acceptors (Lipinski definition) is 6. The van der Waals surface area contributed by atoms with Crippen molar-refractivity contribution in [3.8, 4) is 0 Å². The first-order valence-corrected chi connectivity index (χ1v) is 6.67. The molecular formula is C13H19N5O3. The Morgan fingerprint density at radius 3 is 2.76 bits per heavy atom. The van der Waals surface area contributed by atoms with Gasteiger partial charge >= 0.3 is 5.69 Å². The molecule has 0 fully saturated rings. The van der Waals surface area contributed by atoms with Crippen LogP contribution < -0.4 is 22.3 Å². The van der Waals surface area contributed by atoms with Crippen molar-refractivity contribution in [1.82, 2.24) is 14.7 Å². The van der Waals surface area contributed by atoms with E-state index in [0.29, 0.717) is 18.0 Å². The predicted octanol–water partition coefficient (Wildman–Crippen LogP) is 0.683. The van der Waals surface area contributed by atoms with Gasteiger partial charge in [-0.15, -0.1) is 0 Å². The van der Waals surface area contributed by atoms with E-state index < -0.39 is 11.2 Å². The fourth-order valence-corrected chi connectivity index (χ4v) is 1.99. The van der Waals surface area contributed by atoms with E-state index in [1.807, 2.05) is 13.8 Å². The van der Waals surface area contributed by atoms with Crippen LogP contribution in [-0.2, 0) is 13.1 Å². The van der Waals surface area contributed by atoms with Crippen LogP contribution in [0.3, 0.4) is 0 Å². The fourth-order valence-electron chi connectivity index (χ4n) is 1.99. The molecule has 0 aliphatic heterocycles. The van der Waals surface area contributed by atoms with Gasteiger partial charge < -0.3 is 15.6 Å². The molecule has 0 radical (unpaired) electrons. The van der Waals surface area contributed by atoms with Crippen molar-refractivity contribution in [3.63, 3.8) is 0 Å². The number of nitrogen functional groups attached to an aromatic ring is 1. The molecule has 4 N–H and O–H groups in total. The first-order valence-electron chi connectivity index (χ1n) is 6.67. The number of aromatic nitrogens is 3. The van der Waals surface area contributed by atoms with E-state index in [0.717, 1.165) is 0 Å². The van der Waals surface area contributed by atoms with Gasteiger partial charge in [0.15, 0.2) is 0 Å². The van der Waals surface area contributed by atoms with Crippen LogP contribution in [-0.4, -0.2) is 14.7 Å². The van der Waals surface area contributed by atoms with Gasteiger partial charge in [0, 0.05) is 12.6 Å². The number of aryl methyl sites for hydroxylation is 1. The molecule has 0 saturated carbocycles. The van der Waals surface area contributed by atoms with Crippen molar-refractivity contribution in [2.45, 2.75) is 33.9 Å². The van der Waals surface area contributed by atoms with E-state index in [-0.39, 0.29) is 24.0 Å². The number of hydrogen-bond donors (Lipinski definition) is 3. The van der Waals surface area contributed by atoms with Crippen LogP contribution in [0.15, 0.2) is 20.2 Å². The van der Waals surface area contributed by atoms with Crippen molar-refractivity contribution >= 4 is 11.5 Å². The lowest BCUT2D eigenvalue weighted by atomic mass is 10.2. The Kier molecular flexibility index (Phi) is 4.15. The van der Waals surface area contributed by atoms with Gasteiger partial charge in [0.25, 0.3) is 5.56 Å². The molecule has 114 valence electrons. The van der Waals surface area contributed by atoms with E-state index in [1.54, 1.807) is 13.0 Å². The summed E-state index contributed by atoms with van der Waals surface area (Å²) in [4.78, 5) is 25.9. The van der Waals surface area contributed by atoms with Crippen molar-refractivity contribution < 1.29 is 4.52 Å². The van der Waals surface area contributed by atoms with Crippen LogP contribution in [0.25, 0.3) is 0 Å². The van der Waals surface area contributed by atoms with Gasteiger partial charge in [0.2, 0.25) is 0 Å². The molecule has 0 aliphatic carbocycles. The third kappa shape index (κ3) is 3.33. The van der Waals surface area contributed by atoms with Gasteiger partial charge in [-0.05, 0) is 12.8 Å². The number of nitrogens with two attached hydrogens (primary N) is 1. The maximum Gasteiger partial charge on any atom is 0.330 e. The smallest absolute Gasteiger partial charge is 0.330 e. The average molecular weight is 293 g/mol. The maximum atomic E-state index is 11.9. The Bertz CT molecular complexity index is 741. The summed E-state index contributed by atoms with van der Waals surface area (Å²) in [5, 5.41) is 6.72. The summed E-state index contributed by atoms with van der Waals surface area (Å²) in [6.45, 7) is 6.41. The first-order chi connectivity index (χ1) is 9.88. The Hall–Kier alpha value is -2.51. The number of nitrogens with one attached hydrogen (secondary N) is 2. The zero-order valence-corrected chi connectivity index (χ0v) is 12.3. The lowest BCUT2D eigenvalue weighted by Gasteiger charge is -2.14. The van der Waals surface area contributed by atoms with Crippen LogP contribution in [0.1, 0.15) is 25.3 Å². The maximum absolute atomic E-state index is 11.9. The third-order valence-electron chi connectivity index (χ3n) is 2.91. The molecule has 0 saturated heterocycles.